The highest BCUT2D eigenvalue weighted by Crippen LogP contribution is 1.93. The van der Waals surface area contributed by atoms with E-state index in [0.717, 1.165) is 12.0 Å². The molecular formula is C7H8O. The van der Waals surface area contributed by atoms with Crippen molar-refractivity contribution in [2.75, 3.05) is 0 Å². The second kappa shape index (κ2) is 4.14. The van der Waals surface area contributed by atoms with Crippen LogP contribution in [-0.4, -0.2) is 6.29 Å². The molecule has 0 aliphatic carbocycles. The SMILES string of the molecule is C#C/C(=C\C=O)CC. The minimum atomic E-state index is 0.707. The van der Waals surface area contributed by atoms with Gasteiger partial charge in [0.15, 0.2) is 0 Å². The molecule has 0 spiro atoms. The van der Waals surface area contributed by atoms with Crippen molar-refractivity contribution in [3.05, 3.63) is 11.6 Å². The topological polar surface area (TPSA) is 17.1 Å². The van der Waals surface area contributed by atoms with E-state index < -0.39 is 0 Å². The molecule has 0 saturated heterocycles. The average Bonchev–Trinajstić information content (AvgIpc) is 1.83. The van der Waals surface area contributed by atoms with Gasteiger partial charge in [-0.05, 0) is 12.5 Å². The fourth-order valence-electron chi connectivity index (χ4n) is 0.350. The zero-order valence-electron chi connectivity index (χ0n) is 4.85. The standard InChI is InChI=1S/C7H8O/c1-3-7(4-2)5-6-8/h1,5-6H,4H2,2H3/b7-5+. The summed E-state index contributed by atoms with van der Waals surface area (Å²) in [6.07, 6.45) is 7.86. The third-order valence-electron chi connectivity index (χ3n) is 0.836. The Morgan fingerprint density at radius 1 is 1.88 bits per heavy atom. The summed E-state index contributed by atoms with van der Waals surface area (Å²) in [7, 11) is 0. The van der Waals surface area contributed by atoms with Crippen molar-refractivity contribution in [2.24, 2.45) is 0 Å². The smallest absolute Gasteiger partial charge is 0.143 e. The summed E-state index contributed by atoms with van der Waals surface area (Å²) in [6, 6.07) is 0. The summed E-state index contributed by atoms with van der Waals surface area (Å²) in [5, 5.41) is 0. The molecule has 0 rings (SSSR count). The third kappa shape index (κ3) is 2.20. The molecule has 42 valence electrons. The number of carbonyl (C=O) groups excluding carboxylic acids is 1. The van der Waals surface area contributed by atoms with Gasteiger partial charge < -0.3 is 0 Å². The molecular weight excluding hydrogens is 100 g/mol. The van der Waals surface area contributed by atoms with Crippen molar-refractivity contribution < 1.29 is 4.79 Å². The van der Waals surface area contributed by atoms with Crippen LogP contribution in [0, 0.1) is 12.3 Å². The van der Waals surface area contributed by atoms with E-state index in [1.165, 1.54) is 6.08 Å². The fourth-order valence-corrected chi connectivity index (χ4v) is 0.350. The summed E-state index contributed by atoms with van der Waals surface area (Å²) in [5.41, 5.74) is 0.750. The number of hydrogen-bond acceptors (Lipinski definition) is 1. The van der Waals surface area contributed by atoms with Crippen molar-refractivity contribution in [1.82, 2.24) is 0 Å². The van der Waals surface area contributed by atoms with E-state index in [0.29, 0.717) is 6.29 Å². The summed E-state index contributed by atoms with van der Waals surface area (Å²) in [5.74, 6) is 2.38. The lowest BCUT2D eigenvalue weighted by Crippen LogP contribution is -1.73. The quantitative estimate of drug-likeness (QED) is 0.294. The Morgan fingerprint density at radius 3 is 2.62 bits per heavy atom. The van der Waals surface area contributed by atoms with E-state index in [4.69, 9.17) is 6.42 Å². The van der Waals surface area contributed by atoms with E-state index >= 15 is 0 Å². The van der Waals surface area contributed by atoms with Crippen LogP contribution in [-0.2, 0) is 4.79 Å². The summed E-state index contributed by atoms with van der Waals surface area (Å²) >= 11 is 0. The monoisotopic (exact) mass is 108 g/mol. The Balaban J connectivity index is 3.91. The minimum Gasteiger partial charge on any atom is -0.299 e. The molecule has 0 saturated carbocycles. The van der Waals surface area contributed by atoms with Crippen molar-refractivity contribution in [3.8, 4) is 12.3 Å². The molecule has 0 aromatic carbocycles. The van der Waals surface area contributed by atoms with Crippen LogP contribution in [0.2, 0.25) is 0 Å². The molecule has 0 N–H and O–H groups in total. The number of aldehydes is 1. The molecule has 8 heavy (non-hydrogen) atoms. The van der Waals surface area contributed by atoms with Gasteiger partial charge in [0.2, 0.25) is 0 Å². The molecule has 1 heteroatoms. The van der Waals surface area contributed by atoms with E-state index in [9.17, 15) is 4.79 Å². The molecule has 1 nitrogen and oxygen atoms in total. The van der Waals surface area contributed by atoms with E-state index in [2.05, 4.69) is 5.92 Å². The largest absolute Gasteiger partial charge is 0.299 e. The first kappa shape index (κ1) is 6.97. The maximum atomic E-state index is 9.76. The van der Waals surface area contributed by atoms with E-state index in [1.54, 1.807) is 0 Å². The highest BCUT2D eigenvalue weighted by molar-refractivity contribution is 5.67. The Labute approximate surface area is 49.4 Å². The number of allylic oxidation sites excluding steroid dienone is 2. The van der Waals surface area contributed by atoms with Gasteiger partial charge in [-0.2, -0.15) is 0 Å². The van der Waals surface area contributed by atoms with Crippen LogP contribution in [0.25, 0.3) is 0 Å². The molecule has 0 radical (unpaired) electrons. The predicted octanol–water partition coefficient (Wildman–Crippen LogP) is 1.15. The molecule has 0 amide bonds. The van der Waals surface area contributed by atoms with Gasteiger partial charge in [0.25, 0.3) is 0 Å². The van der Waals surface area contributed by atoms with Crippen LogP contribution in [0.15, 0.2) is 11.6 Å². The van der Waals surface area contributed by atoms with Crippen LogP contribution in [0.5, 0.6) is 0 Å². The molecule has 0 aliphatic heterocycles. The highest BCUT2D eigenvalue weighted by atomic mass is 16.1. The van der Waals surface area contributed by atoms with Gasteiger partial charge in [-0.15, -0.1) is 6.42 Å². The average molecular weight is 108 g/mol. The van der Waals surface area contributed by atoms with Gasteiger partial charge in [0.05, 0.1) is 0 Å². The molecule has 0 bridgehead atoms. The van der Waals surface area contributed by atoms with Crippen molar-refractivity contribution >= 4 is 6.29 Å². The lowest BCUT2D eigenvalue weighted by Gasteiger charge is -1.84. The van der Waals surface area contributed by atoms with E-state index in [-0.39, 0.29) is 0 Å². The van der Waals surface area contributed by atoms with Crippen molar-refractivity contribution in [3.63, 3.8) is 0 Å². The minimum absolute atomic E-state index is 0.707. The third-order valence-corrected chi connectivity index (χ3v) is 0.836. The predicted molar refractivity (Wildman–Crippen MR) is 33.3 cm³/mol. The number of hydrogen-bond donors (Lipinski definition) is 0. The van der Waals surface area contributed by atoms with Gasteiger partial charge in [-0.1, -0.05) is 12.8 Å². The molecule has 0 aliphatic rings. The molecule has 0 aromatic heterocycles. The van der Waals surface area contributed by atoms with Crippen LogP contribution in [0.3, 0.4) is 0 Å². The lowest BCUT2D eigenvalue weighted by atomic mass is 10.2. The first-order valence-electron chi connectivity index (χ1n) is 2.46. The van der Waals surface area contributed by atoms with Crippen LogP contribution in [0.4, 0.5) is 0 Å². The van der Waals surface area contributed by atoms with Gasteiger partial charge in [-0.25, -0.2) is 0 Å². The van der Waals surface area contributed by atoms with Gasteiger partial charge in [-0.3, -0.25) is 4.79 Å². The highest BCUT2D eigenvalue weighted by Gasteiger charge is 1.81. The molecule has 0 atom stereocenters. The Morgan fingerprint density at radius 2 is 2.50 bits per heavy atom. The fraction of sp³-hybridized carbons (Fsp3) is 0.286. The van der Waals surface area contributed by atoms with Crippen LogP contribution in [0.1, 0.15) is 13.3 Å². The zero-order chi connectivity index (χ0) is 6.41. The maximum absolute atomic E-state index is 9.76. The second-order valence-corrected chi connectivity index (χ2v) is 1.33. The van der Waals surface area contributed by atoms with E-state index in [1.807, 2.05) is 6.92 Å². The molecule has 0 fully saturated rings. The molecule has 0 heterocycles. The first-order chi connectivity index (χ1) is 3.85. The Hall–Kier alpha value is -1.03. The second-order valence-electron chi connectivity index (χ2n) is 1.33. The summed E-state index contributed by atoms with van der Waals surface area (Å²) in [4.78, 5) is 9.76. The molecule has 0 aromatic rings. The maximum Gasteiger partial charge on any atom is 0.143 e. The summed E-state index contributed by atoms with van der Waals surface area (Å²) < 4.78 is 0. The number of carbonyl (C=O) groups is 1. The van der Waals surface area contributed by atoms with Crippen molar-refractivity contribution in [2.45, 2.75) is 13.3 Å². The zero-order valence-corrected chi connectivity index (χ0v) is 4.85. The number of rotatable bonds is 2. The lowest BCUT2D eigenvalue weighted by molar-refractivity contribution is -0.104. The van der Waals surface area contributed by atoms with Gasteiger partial charge >= 0.3 is 0 Å². The van der Waals surface area contributed by atoms with Crippen LogP contribution >= 0.6 is 0 Å². The summed E-state index contributed by atoms with van der Waals surface area (Å²) in [6.45, 7) is 1.91. The Bertz CT molecular complexity index is 137. The van der Waals surface area contributed by atoms with Crippen LogP contribution < -0.4 is 0 Å². The Kier molecular flexibility index (Phi) is 3.60. The first-order valence-corrected chi connectivity index (χ1v) is 2.46. The normalized spacial score (nSPS) is 10.2. The van der Waals surface area contributed by atoms with Crippen molar-refractivity contribution in [1.29, 1.82) is 0 Å². The number of terminal acetylenes is 1. The molecule has 0 unspecified atom stereocenters. The van der Waals surface area contributed by atoms with Gasteiger partial charge in [0.1, 0.15) is 6.29 Å². The van der Waals surface area contributed by atoms with Gasteiger partial charge in [0, 0.05) is 5.57 Å².